The summed E-state index contributed by atoms with van der Waals surface area (Å²) in [6.45, 7) is 5.75. The number of aromatic nitrogens is 2. The average molecular weight is 313 g/mol. The van der Waals surface area contributed by atoms with Crippen LogP contribution in [0.3, 0.4) is 0 Å². The summed E-state index contributed by atoms with van der Waals surface area (Å²) >= 11 is 0. The second kappa shape index (κ2) is 6.96. The van der Waals surface area contributed by atoms with Gasteiger partial charge in [0.15, 0.2) is 0 Å². The minimum absolute atomic E-state index is 0.0363. The van der Waals surface area contributed by atoms with Crippen LogP contribution in [-0.4, -0.2) is 40.8 Å². The fraction of sp³-hybridized carbons (Fsp3) is 0.444. The lowest BCUT2D eigenvalue weighted by Crippen LogP contribution is -2.43. The number of hydrogen-bond donors (Lipinski definition) is 1. The van der Waals surface area contributed by atoms with Gasteiger partial charge in [0.25, 0.3) is 0 Å². The second-order valence-electron chi connectivity index (χ2n) is 6.01. The van der Waals surface area contributed by atoms with E-state index in [9.17, 15) is 4.79 Å². The van der Waals surface area contributed by atoms with Gasteiger partial charge in [-0.3, -0.25) is 9.89 Å². The van der Waals surface area contributed by atoms with Crippen LogP contribution in [0.1, 0.15) is 35.0 Å². The third kappa shape index (κ3) is 3.45. The molecular weight excluding hydrogens is 290 g/mol. The Bertz CT molecular complexity index is 647. The highest BCUT2D eigenvalue weighted by Gasteiger charge is 2.31. The zero-order valence-corrected chi connectivity index (χ0v) is 13.7. The molecule has 1 fully saturated rings. The van der Waals surface area contributed by atoms with E-state index < -0.39 is 0 Å². The summed E-state index contributed by atoms with van der Waals surface area (Å²) < 4.78 is 5.62. The first-order valence-electron chi connectivity index (χ1n) is 8.09. The lowest BCUT2D eigenvalue weighted by Gasteiger charge is -2.36. The molecule has 1 amide bonds. The van der Waals surface area contributed by atoms with Crippen molar-refractivity contribution < 1.29 is 9.53 Å². The van der Waals surface area contributed by atoms with Gasteiger partial charge in [0, 0.05) is 24.2 Å². The van der Waals surface area contributed by atoms with Gasteiger partial charge in [-0.25, -0.2) is 0 Å². The maximum atomic E-state index is 12.7. The molecule has 0 radical (unpaired) electrons. The number of amides is 1. The zero-order valence-electron chi connectivity index (χ0n) is 13.7. The quantitative estimate of drug-likeness (QED) is 0.944. The maximum absolute atomic E-state index is 12.7. The molecule has 0 bridgehead atoms. The van der Waals surface area contributed by atoms with Crippen molar-refractivity contribution in [3.63, 3.8) is 0 Å². The Hall–Kier alpha value is -2.14. The Morgan fingerprint density at radius 3 is 2.83 bits per heavy atom. The van der Waals surface area contributed by atoms with Gasteiger partial charge in [-0.15, -0.1) is 0 Å². The van der Waals surface area contributed by atoms with Crippen molar-refractivity contribution in [3.8, 4) is 0 Å². The van der Waals surface area contributed by atoms with Crippen LogP contribution in [0.2, 0.25) is 0 Å². The number of H-pyrrole nitrogens is 1. The van der Waals surface area contributed by atoms with E-state index in [4.69, 9.17) is 4.74 Å². The Morgan fingerprint density at radius 1 is 1.35 bits per heavy atom. The van der Waals surface area contributed by atoms with Crippen LogP contribution in [0.25, 0.3) is 0 Å². The molecular formula is C18H23N3O2. The Morgan fingerprint density at radius 2 is 2.13 bits per heavy atom. The highest BCUT2D eigenvalue weighted by molar-refractivity contribution is 5.77. The molecule has 0 saturated carbocycles. The zero-order chi connectivity index (χ0) is 16.2. The summed E-state index contributed by atoms with van der Waals surface area (Å²) in [5.74, 6) is 0.183. The molecule has 0 spiro atoms. The van der Waals surface area contributed by atoms with Gasteiger partial charge in [-0.1, -0.05) is 30.3 Å². The number of hydrogen-bond acceptors (Lipinski definition) is 3. The Balaban J connectivity index is 1.72. The minimum Gasteiger partial charge on any atom is -0.377 e. The Kier molecular flexibility index (Phi) is 4.76. The molecule has 1 aliphatic rings. The molecule has 5 nitrogen and oxygen atoms in total. The molecule has 1 atom stereocenters. The van der Waals surface area contributed by atoms with E-state index in [1.54, 1.807) is 0 Å². The van der Waals surface area contributed by atoms with Crippen molar-refractivity contribution in [2.45, 2.75) is 32.7 Å². The van der Waals surface area contributed by atoms with Crippen LogP contribution < -0.4 is 0 Å². The minimum atomic E-state index is -0.0363. The van der Waals surface area contributed by atoms with Gasteiger partial charge in [0.2, 0.25) is 5.91 Å². The van der Waals surface area contributed by atoms with Crippen LogP contribution in [-0.2, 0) is 16.0 Å². The van der Waals surface area contributed by atoms with Crippen LogP contribution in [0.4, 0.5) is 0 Å². The predicted molar refractivity (Wildman–Crippen MR) is 88.1 cm³/mol. The molecule has 3 rings (SSSR count). The number of rotatable bonds is 4. The van der Waals surface area contributed by atoms with E-state index in [2.05, 4.69) is 22.3 Å². The highest BCUT2D eigenvalue weighted by Crippen LogP contribution is 2.29. The third-order valence-corrected chi connectivity index (χ3v) is 4.44. The maximum Gasteiger partial charge on any atom is 0.223 e. The van der Waals surface area contributed by atoms with Gasteiger partial charge in [-0.05, 0) is 25.8 Å². The van der Waals surface area contributed by atoms with Gasteiger partial charge >= 0.3 is 0 Å². The first-order valence-corrected chi connectivity index (χ1v) is 8.09. The molecule has 1 aromatic heterocycles. The number of carbonyl (C=O) groups is 1. The van der Waals surface area contributed by atoms with Gasteiger partial charge in [0.1, 0.15) is 0 Å². The summed E-state index contributed by atoms with van der Waals surface area (Å²) in [4.78, 5) is 14.7. The molecule has 5 heteroatoms. The van der Waals surface area contributed by atoms with Gasteiger partial charge in [-0.2, -0.15) is 5.10 Å². The lowest BCUT2D eigenvalue weighted by molar-refractivity contribution is -0.140. The molecule has 2 heterocycles. The second-order valence-corrected chi connectivity index (χ2v) is 6.01. The number of carbonyl (C=O) groups excluding carboxylic acids is 1. The van der Waals surface area contributed by atoms with Crippen molar-refractivity contribution in [2.24, 2.45) is 0 Å². The number of aryl methyl sites for hydroxylation is 3. The molecule has 2 aromatic rings. The van der Waals surface area contributed by atoms with Crippen molar-refractivity contribution in [3.05, 3.63) is 52.8 Å². The molecule has 1 aromatic carbocycles. The molecule has 23 heavy (non-hydrogen) atoms. The fourth-order valence-electron chi connectivity index (χ4n) is 3.23. The average Bonchev–Trinajstić information content (AvgIpc) is 2.92. The van der Waals surface area contributed by atoms with Crippen LogP contribution in [0.5, 0.6) is 0 Å². The van der Waals surface area contributed by atoms with Gasteiger partial charge < -0.3 is 9.64 Å². The SMILES string of the molecule is Cc1n[nH]c(C)c1[C@H]1COCCN1C(=O)CCc1ccccc1. The number of nitrogens with zero attached hydrogens (tertiary/aromatic N) is 2. The summed E-state index contributed by atoms with van der Waals surface area (Å²) in [5.41, 5.74) is 4.25. The smallest absolute Gasteiger partial charge is 0.223 e. The number of ether oxygens (including phenoxy) is 1. The van der Waals surface area contributed by atoms with E-state index in [0.29, 0.717) is 26.2 Å². The summed E-state index contributed by atoms with van der Waals surface area (Å²) in [7, 11) is 0. The van der Waals surface area contributed by atoms with Crippen molar-refractivity contribution >= 4 is 5.91 Å². The van der Waals surface area contributed by atoms with Crippen molar-refractivity contribution in [2.75, 3.05) is 19.8 Å². The van der Waals surface area contributed by atoms with Crippen molar-refractivity contribution in [1.82, 2.24) is 15.1 Å². The molecule has 1 saturated heterocycles. The monoisotopic (exact) mass is 313 g/mol. The number of morpholine rings is 1. The fourth-order valence-corrected chi connectivity index (χ4v) is 3.23. The number of nitrogens with one attached hydrogen (secondary N) is 1. The molecule has 0 unspecified atom stereocenters. The molecule has 122 valence electrons. The standard InChI is InChI=1S/C18H23N3O2/c1-13-18(14(2)20-19-13)16-12-23-11-10-21(16)17(22)9-8-15-6-4-3-5-7-15/h3-7,16H,8-12H2,1-2H3,(H,19,20)/t16-/m1/s1. The van der Waals surface area contributed by atoms with Crippen LogP contribution in [0.15, 0.2) is 30.3 Å². The van der Waals surface area contributed by atoms with E-state index in [1.165, 1.54) is 5.56 Å². The van der Waals surface area contributed by atoms with E-state index in [-0.39, 0.29) is 11.9 Å². The van der Waals surface area contributed by atoms with Crippen molar-refractivity contribution in [1.29, 1.82) is 0 Å². The largest absolute Gasteiger partial charge is 0.377 e. The molecule has 1 aliphatic heterocycles. The number of aromatic amines is 1. The first kappa shape index (κ1) is 15.7. The highest BCUT2D eigenvalue weighted by atomic mass is 16.5. The third-order valence-electron chi connectivity index (χ3n) is 4.44. The Labute approximate surface area is 136 Å². The van der Waals surface area contributed by atoms with E-state index in [1.807, 2.05) is 36.9 Å². The molecule has 0 aliphatic carbocycles. The first-order chi connectivity index (χ1) is 11.2. The van der Waals surface area contributed by atoms with Crippen LogP contribution >= 0.6 is 0 Å². The van der Waals surface area contributed by atoms with Gasteiger partial charge in [0.05, 0.1) is 24.9 Å². The normalized spacial score (nSPS) is 18.2. The summed E-state index contributed by atoms with van der Waals surface area (Å²) in [6.07, 6.45) is 1.30. The lowest BCUT2D eigenvalue weighted by atomic mass is 10.0. The topological polar surface area (TPSA) is 58.2 Å². The predicted octanol–water partition coefficient (Wildman–Crippen LogP) is 2.56. The van der Waals surface area contributed by atoms with E-state index >= 15 is 0 Å². The molecule has 1 N–H and O–H groups in total. The number of benzene rings is 1. The summed E-state index contributed by atoms with van der Waals surface area (Å²) in [5, 5.41) is 7.27. The van der Waals surface area contributed by atoms with E-state index in [0.717, 1.165) is 23.4 Å². The summed E-state index contributed by atoms with van der Waals surface area (Å²) in [6, 6.07) is 10.1. The van der Waals surface area contributed by atoms with Crippen LogP contribution in [0, 0.1) is 13.8 Å².